The van der Waals surface area contributed by atoms with E-state index in [1.807, 2.05) is 5.32 Å². The summed E-state index contributed by atoms with van der Waals surface area (Å²) in [4.78, 5) is 56.3. The van der Waals surface area contributed by atoms with E-state index in [0.717, 1.165) is 24.3 Å². The van der Waals surface area contributed by atoms with Gasteiger partial charge in [0.25, 0.3) is 5.69 Å². The fourth-order valence-corrected chi connectivity index (χ4v) is 2.64. The van der Waals surface area contributed by atoms with Crippen molar-refractivity contribution in [3.05, 3.63) is 62.5 Å². The topological polar surface area (TPSA) is 204 Å². The van der Waals surface area contributed by atoms with Crippen molar-refractivity contribution in [2.45, 2.75) is 5.92 Å². The third kappa shape index (κ3) is 3.44. The number of rotatable bonds is 6. The molecule has 27 heavy (non-hydrogen) atoms. The Hall–Kier alpha value is -4.22. The van der Waals surface area contributed by atoms with Gasteiger partial charge in [-0.25, -0.2) is 19.2 Å². The van der Waals surface area contributed by atoms with E-state index < -0.39 is 62.9 Å². The number of nitrogens with zero attached hydrogens (tertiary/aromatic N) is 1. The number of hydrogen-bond donors (Lipinski definition) is 5. The fraction of sp³-hybridized carbons (Fsp3) is 0.0667. The van der Waals surface area contributed by atoms with Crippen molar-refractivity contribution in [1.82, 2.24) is 5.32 Å². The number of dihydropyridines is 1. The highest BCUT2D eigenvalue weighted by molar-refractivity contribution is 6.08. The Kier molecular flexibility index (Phi) is 4.92. The van der Waals surface area contributed by atoms with Crippen LogP contribution in [0.15, 0.2) is 46.8 Å². The Morgan fingerprint density at radius 2 is 1.37 bits per heavy atom. The summed E-state index contributed by atoms with van der Waals surface area (Å²) < 4.78 is 0. The van der Waals surface area contributed by atoms with Crippen LogP contribution in [0.5, 0.6) is 0 Å². The number of nitrogens with one attached hydrogen (secondary N) is 1. The lowest BCUT2D eigenvalue weighted by Crippen LogP contribution is -2.38. The zero-order valence-electron chi connectivity index (χ0n) is 13.1. The molecule has 0 aliphatic carbocycles. The molecule has 0 amide bonds. The molecule has 1 aliphatic rings. The first-order valence-electron chi connectivity index (χ1n) is 6.99. The molecule has 1 heterocycles. The predicted octanol–water partition coefficient (Wildman–Crippen LogP) is 0.128. The minimum Gasteiger partial charge on any atom is -0.478 e. The van der Waals surface area contributed by atoms with Gasteiger partial charge in [-0.05, 0) is 5.56 Å². The number of benzene rings is 1. The molecule has 12 nitrogen and oxygen atoms in total. The van der Waals surface area contributed by atoms with Crippen LogP contribution in [-0.4, -0.2) is 49.2 Å². The van der Waals surface area contributed by atoms with Crippen molar-refractivity contribution in [2.75, 3.05) is 0 Å². The van der Waals surface area contributed by atoms with Gasteiger partial charge in [-0.3, -0.25) is 10.1 Å². The summed E-state index contributed by atoms with van der Waals surface area (Å²) in [5.74, 6) is -9.23. The Morgan fingerprint density at radius 3 is 1.74 bits per heavy atom. The molecule has 0 bridgehead atoms. The van der Waals surface area contributed by atoms with Crippen LogP contribution >= 0.6 is 0 Å². The average molecular weight is 378 g/mol. The van der Waals surface area contributed by atoms with Crippen LogP contribution in [0.25, 0.3) is 0 Å². The van der Waals surface area contributed by atoms with Gasteiger partial charge in [0, 0.05) is 12.1 Å². The number of carboxylic acid groups (broad SMARTS) is 4. The Morgan fingerprint density at radius 1 is 0.889 bits per heavy atom. The van der Waals surface area contributed by atoms with Gasteiger partial charge in [-0.2, -0.15) is 0 Å². The molecule has 0 atom stereocenters. The lowest BCUT2D eigenvalue weighted by atomic mass is 9.80. The van der Waals surface area contributed by atoms with E-state index in [2.05, 4.69) is 0 Å². The second-order valence-electron chi connectivity index (χ2n) is 5.21. The minimum atomic E-state index is -1.88. The van der Waals surface area contributed by atoms with Gasteiger partial charge in [-0.1, -0.05) is 12.1 Å². The molecule has 1 aromatic carbocycles. The summed E-state index contributed by atoms with van der Waals surface area (Å²) in [5.41, 5.74) is -4.83. The van der Waals surface area contributed by atoms with E-state index in [1.54, 1.807) is 0 Å². The molecule has 12 heteroatoms. The summed E-state index contributed by atoms with van der Waals surface area (Å²) in [6, 6.07) is 4.17. The van der Waals surface area contributed by atoms with Crippen LogP contribution in [0.2, 0.25) is 0 Å². The molecule has 1 aliphatic heterocycles. The molecule has 0 aromatic heterocycles. The van der Waals surface area contributed by atoms with Crippen molar-refractivity contribution in [1.29, 1.82) is 0 Å². The molecule has 0 spiro atoms. The summed E-state index contributed by atoms with van der Waals surface area (Å²) in [7, 11) is 0. The largest absolute Gasteiger partial charge is 0.478 e. The number of nitro benzene ring substituents is 1. The van der Waals surface area contributed by atoms with E-state index in [1.165, 1.54) is 0 Å². The maximum Gasteiger partial charge on any atom is 0.352 e. The average Bonchev–Trinajstić information content (AvgIpc) is 2.59. The highest BCUT2D eigenvalue weighted by atomic mass is 16.6. The molecule has 0 saturated heterocycles. The van der Waals surface area contributed by atoms with E-state index >= 15 is 0 Å². The molecular weight excluding hydrogens is 368 g/mol. The zero-order valence-corrected chi connectivity index (χ0v) is 13.1. The molecule has 1 aromatic rings. The molecule has 0 fully saturated rings. The highest BCUT2D eigenvalue weighted by Gasteiger charge is 2.42. The third-order valence-electron chi connectivity index (χ3n) is 3.67. The first-order chi connectivity index (χ1) is 12.6. The maximum atomic E-state index is 11.7. The summed E-state index contributed by atoms with van der Waals surface area (Å²) in [6.45, 7) is 0. The van der Waals surface area contributed by atoms with Crippen molar-refractivity contribution in [3.8, 4) is 0 Å². The molecule has 140 valence electrons. The normalized spacial score (nSPS) is 14.5. The number of nitro groups is 1. The first-order valence-corrected chi connectivity index (χ1v) is 6.99. The van der Waals surface area contributed by atoms with Crippen LogP contribution in [0.4, 0.5) is 5.69 Å². The van der Waals surface area contributed by atoms with Gasteiger partial charge in [0.05, 0.1) is 22.0 Å². The van der Waals surface area contributed by atoms with Crippen LogP contribution in [-0.2, 0) is 19.2 Å². The minimum absolute atomic E-state index is 0.266. The van der Waals surface area contributed by atoms with Crippen molar-refractivity contribution >= 4 is 29.6 Å². The van der Waals surface area contributed by atoms with Crippen molar-refractivity contribution in [3.63, 3.8) is 0 Å². The standard InChI is InChI=1S/C15H10N2O10/c18-12(19)8-7(5-2-1-3-6(4-5)17(26)27)9(13(20)21)11(15(24)25)16-10(8)14(22)23/h1-4,7,16H,(H,18,19)(H,20,21)(H,22,23)(H,24,25). The van der Waals surface area contributed by atoms with Crippen LogP contribution in [0.3, 0.4) is 0 Å². The highest BCUT2D eigenvalue weighted by Crippen LogP contribution is 2.39. The van der Waals surface area contributed by atoms with Gasteiger partial charge >= 0.3 is 23.9 Å². The quantitative estimate of drug-likeness (QED) is 0.332. The van der Waals surface area contributed by atoms with Gasteiger partial charge < -0.3 is 25.7 Å². The number of carbonyl (C=O) groups is 4. The van der Waals surface area contributed by atoms with Gasteiger partial charge in [0.15, 0.2) is 0 Å². The van der Waals surface area contributed by atoms with Gasteiger partial charge in [0.2, 0.25) is 0 Å². The first kappa shape index (κ1) is 19.1. The van der Waals surface area contributed by atoms with Crippen molar-refractivity contribution in [2.24, 2.45) is 0 Å². The summed E-state index contributed by atoms with van der Waals surface area (Å²) in [6.07, 6.45) is 0. The molecular formula is C15H10N2O10. The van der Waals surface area contributed by atoms with Crippen molar-refractivity contribution < 1.29 is 44.5 Å². The lowest BCUT2D eigenvalue weighted by Gasteiger charge is -2.27. The molecule has 5 N–H and O–H groups in total. The Bertz CT molecular complexity index is 911. The fourth-order valence-electron chi connectivity index (χ4n) is 2.64. The Balaban J connectivity index is 2.91. The number of hydrogen-bond acceptors (Lipinski definition) is 7. The van der Waals surface area contributed by atoms with Crippen LogP contribution in [0, 0.1) is 10.1 Å². The zero-order chi connectivity index (χ0) is 20.5. The van der Waals surface area contributed by atoms with Gasteiger partial charge in [-0.15, -0.1) is 0 Å². The maximum absolute atomic E-state index is 11.7. The van der Waals surface area contributed by atoms with E-state index in [-0.39, 0.29) is 5.56 Å². The van der Waals surface area contributed by atoms with Gasteiger partial charge in [0.1, 0.15) is 11.4 Å². The summed E-state index contributed by atoms with van der Waals surface area (Å²) >= 11 is 0. The van der Waals surface area contributed by atoms with Crippen LogP contribution in [0.1, 0.15) is 11.5 Å². The predicted molar refractivity (Wildman–Crippen MR) is 83.6 cm³/mol. The molecule has 0 radical (unpaired) electrons. The van der Waals surface area contributed by atoms with E-state index in [4.69, 9.17) is 0 Å². The molecule has 0 unspecified atom stereocenters. The lowest BCUT2D eigenvalue weighted by molar-refractivity contribution is -0.384. The molecule has 0 saturated carbocycles. The summed E-state index contributed by atoms with van der Waals surface area (Å²) in [5, 5.41) is 50.1. The SMILES string of the molecule is O=C(O)C1=C(C(=O)O)C(c2cccc([N+](=O)[O-])c2)C(C(=O)O)=C(C(=O)O)N1. The van der Waals surface area contributed by atoms with E-state index in [0.29, 0.717) is 0 Å². The number of non-ortho nitro benzene ring substituents is 1. The third-order valence-corrected chi connectivity index (χ3v) is 3.67. The number of carboxylic acids is 4. The molecule has 2 rings (SSSR count). The second-order valence-corrected chi connectivity index (χ2v) is 5.21. The Labute approximate surface area is 148 Å². The monoisotopic (exact) mass is 378 g/mol. The smallest absolute Gasteiger partial charge is 0.352 e. The van der Waals surface area contributed by atoms with E-state index in [9.17, 15) is 49.7 Å². The van der Waals surface area contributed by atoms with Crippen LogP contribution < -0.4 is 5.32 Å². The second kappa shape index (κ2) is 6.95. The number of aliphatic carboxylic acids is 4.